The third-order valence-electron chi connectivity index (χ3n) is 4.53. The van der Waals surface area contributed by atoms with Gasteiger partial charge in [-0.3, -0.25) is 0 Å². The van der Waals surface area contributed by atoms with Gasteiger partial charge < -0.3 is 9.26 Å². The van der Waals surface area contributed by atoms with Crippen LogP contribution in [0.1, 0.15) is 12.8 Å². The Hall–Kier alpha value is -2.85. The summed E-state index contributed by atoms with van der Waals surface area (Å²) in [5.41, 5.74) is -1.64. The number of sulfonamides is 1. The normalized spacial score (nSPS) is 16.4. The molecule has 0 spiro atoms. The lowest BCUT2D eigenvalue weighted by Crippen LogP contribution is -2.58. The Bertz CT molecular complexity index is 1130. The molecule has 0 N–H and O–H groups in total. The van der Waals surface area contributed by atoms with Crippen molar-refractivity contribution in [2.45, 2.75) is 17.5 Å². The largest absolute Gasteiger partial charge is 0.492 e. The van der Waals surface area contributed by atoms with E-state index < -0.39 is 34.6 Å². The van der Waals surface area contributed by atoms with Crippen molar-refractivity contribution in [3.63, 3.8) is 0 Å². The molecule has 1 aromatic heterocycles. The van der Waals surface area contributed by atoms with Gasteiger partial charge in [0, 0.05) is 5.56 Å². The molecule has 2 heterocycles. The number of rotatable bonds is 6. The van der Waals surface area contributed by atoms with Crippen molar-refractivity contribution >= 4 is 10.0 Å². The van der Waals surface area contributed by atoms with Crippen LogP contribution in [0.25, 0.3) is 11.4 Å². The van der Waals surface area contributed by atoms with E-state index in [1.54, 1.807) is 25.1 Å². The summed E-state index contributed by atoms with van der Waals surface area (Å²) in [6.45, 7) is 1.13. The Morgan fingerprint density at radius 2 is 1.86 bits per heavy atom. The van der Waals surface area contributed by atoms with Crippen molar-refractivity contribution in [2.24, 2.45) is 0 Å². The Morgan fingerprint density at radius 3 is 2.55 bits per heavy atom. The highest BCUT2D eigenvalue weighted by Crippen LogP contribution is 2.40. The predicted octanol–water partition coefficient (Wildman–Crippen LogP) is 3.14. The molecule has 0 bridgehead atoms. The number of halogens is 2. The number of hydrogen-bond donors (Lipinski definition) is 0. The maximum Gasteiger partial charge on any atom is 0.267 e. The summed E-state index contributed by atoms with van der Waals surface area (Å²) in [6, 6.07) is 11.5. The molecule has 1 saturated heterocycles. The zero-order valence-corrected chi connectivity index (χ0v) is 16.2. The first-order chi connectivity index (χ1) is 13.8. The Morgan fingerprint density at radius 1 is 1.17 bits per heavy atom. The van der Waals surface area contributed by atoms with Crippen LogP contribution in [0.15, 0.2) is 57.9 Å². The quantitative estimate of drug-likeness (QED) is 0.608. The number of hydrogen-bond acceptors (Lipinski definition) is 6. The van der Waals surface area contributed by atoms with E-state index in [9.17, 15) is 12.8 Å². The second-order valence-corrected chi connectivity index (χ2v) is 8.45. The summed E-state index contributed by atoms with van der Waals surface area (Å²) in [6.07, 6.45) is 0. The number of aromatic nitrogens is 2. The predicted molar refractivity (Wildman–Crippen MR) is 98.8 cm³/mol. The molecule has 3 aromatic rings. The highest BCUT2D eigenvalue weighted by molar-refractivity contribution is 7.89. The third-order valence-corrected chi connectivity index (χ3v) is 6.36. The smallest absolute Gasteiger partial charge is 0.267 e. The molecule has 152 valence electrons. The molecule has 0 aliphatic carbocycles. The van der Waals surface area contributed by atoms with Gasteiger partial charge in [-0.2, -0.15) is 9.29 Å². The highest BCUT2D eigenvalue weighted by atomic mass is 32.2. The van der Waals surface area contributed by atoms with Crippen LogP contribution < -0.4 is 4.74 Å². The average molecular weight is 421 g/mol. The average Bonchev–Trinajstić information content (AvgIpc) is 3.17. The van der Waals surface area contributed by atoms with E-state index in [1.165, 1.54) is 30.3 Å². The Balaban J connectivity index is 1.54. The maximum atomic E-state index is 15.2. The van der Waals surface area contributed by atoms with Gasteiger partial charge in [-0.25, -0.2) is 17.2 Å². The van der Waals surface area contributed by atoms with Crippen molar-refractivity contribution in [1.82, 2.24) is 14.4 Å². The second kappa shape index (κ2) is 7.20. The highest BCUT2D eigenvalue weighted by Gasteiger charge is 2.54. The molecule has 1 fully saturated rings. The maximum absolute atomic E-state index is 15.2. The molecule has 0 saturated carbocycles. The van der Waals surface area contributed by atoms with Crippen molar-refractivity contribution in [1.29, 1.82) is 0 Å². The van der Waals surface area contributed by atoms with Gasteiger partial charge in [0.1, 0.15) is 16.5 Å². The van der Waals surface area contributed by atoms with E-state index in [4.69, 9.17) is 9.26 Å². The molecule has 0 unspecified atom stereocenters. The van der Waals surface area contributed by atoms with Gasteiger partial charge >= 0.3 is 0 Å². The molecule has 0 amide bonds. The van der Waals surface area contributed by atoms with E-state index in [1.807, 2.05) is 0 Å². The first kappa shape index (κ1) is 19.5. The van der Waals surface area contributed by atoms with Gasteiger partial charge in [0.2, 0.25) is 21.5 Å². The fourth-order valence-corrected chi connectivity index (χ4v) is 4.68. The van der Waals surface area contributed by atoms with Crippen LogP contribution in [0.5, 0.6) is 5.75 Å². The summed E-state index contributed by atoms with van der Waals surface area (Å²) in [7, 11) is -3.95. The fraction of sp³-hybridized carbons (Fsp3) is 0.263. The molecule has 1 aliphatic rings. The molecule has 1 aliphatic heterocycles. The van der Waals surface area contributed by atoms with E-state index in [0.717, 1.165) is 4.31 Å². The van der Waals surface area contributed by atoms with E-state index >= 15 is 4.39 Å². The van der Waals surface area contributed by atoms with Crippen molar-refractivity contribution in [3.05, 3.63) is 60.2 Å². The van der Waals surface area contributed by atoms with Gasteiger partial charge in [-0.1, -0.05) is 17.3 Å². The second-order valence-electron chi connectivity index (χ2n) is 6.55. The minimum atomic E-state index is -3.95. The summed E-state index contributed by atoms with van der Waals surface area (Å²) in [5, 5.41) is 3.71. The number of nitrogens with zero attached hydrogens (tertiary/aromatic N) is 3. The number of alkyl halides is 1. The Kier molecular flexibility index (Phi) is 4.83. The van der Waals surface area contributed by atoms with Gasteiger partial charge in [0.25, 0.3) is 5.89 Å². The van der Waals surface area contributed by atoms with E-state index in [2.05, 4.69) is 10.1 Å². The first-order valence-corrected chi connectivity index (χ1v) is 10.3. The lowest BCUT2D eigenvalue weighted by Gasteiger charge is -2.40. The minimum Gasteiger partial charge on any atom is -0.492 e. The van der Waals surface area contributed by atoms with Gasteiger partial charge in [-0.15, -0.1) is 0 Å². The number of ether oxygens (including phenoxy) is 1. The summed E-state index contributed by atoms with van der Waals surface area (Å²) >= 11 is 0. The molecule has 2 aromatic carbocycles. The summed E-state index contributed by atoms with van der Waals surface area (Å²) in [4.78, 5) is 3.99. The molecule has 10 heteroatoms. The summed E-state index contributed by atoms with van der Waals surface area (Å²) < 4.78 is 65.3. The molecule has 29 heavy (non-hydrogen) atoms. The fourth-order valence-electron chi connectivity index (χ4n) is 3.02. The van der Waals surface area contributed by atoms with Crippen LogP contribution in [0.3, 0.4) is 0 Å². The first-order valence-electron chi connectivity index (χ1n) is 8.84. The van der Waals surface area contributed by atoms with Gasteiger partial charge in [0.05, 0.1) is 19.7 Å². The van der Waals surface area contributed by atoms with Crippen LogP contribution in [-0.4, -0.2) is 42.6 Å². The van der Waals surface area contributed by atoms with Crippen molar-refractivity contribution < 1.29 is 26.5 Å². The van der Waals surface area contributed by atoms with Crippen LogP contribution >= 0.6 is 0 Å². The van der Waals surface area contributed by atoms with Crippen molar-refractivity contribution in [3.8, 4) is 17.1 Å². The molecule has 0 radical (unpaired) electrons. The molecular weight excluding hydrogens is 404 g/mol. The Labute approximate surface area is 166 Å². The third kappa shape index (κ3) is 3.49. The molecule has 0 atom stereocenters. The zero-order valence-electron chi connectivity index (χ0n) is 15.4. The van der Waals surface area contributed by atoms with Crippen LogP contribution in [-0.2, 0) is 15.7 Å². The van der Waals surface area contributed by atoms with E-state index in [-0.39, 0.29) is 22.4 Å². The lowest BCUT2D eigenvalue weighted by atomic mass is 10.00. The summed E-state index contributed by atoms with van der Waals surface area (Å²) in [5.74, 6) is -0.434. The topological polar surface area (TPSA) is 85.5 Å². The monoisotopic (exact) mass is 421 g/mol. The van der Waals surface area contributed by atoms with E-state index in [0.29, 0.717) is 12.2 Å². The number of para-hydroxylation sites is 1. The SMILES string of the molecule is CCOc1ccccc1S(=O)(=O)N1CC(F)(c2nc(-c3ccc(F)cc3)no2)C1. The molecular formula is C19H17F2N3O4S. The molecule has 4 rings (SSSR count). The number of benzene rings is 2. The van der Waals surface area contributed by atoms with Gasteiger partial charge in [0.15, 0.2) is 0 Å². The standard InChI is InChI=1S/C19H17F2N3O4S/c1-2-27-15-5-3-4-6-16(15)29(25,26)24-11-19(21,12-24)18-22-17(23-28-18)13-7-9-14(20)10-8-13/h3-10H,2,11-12H2,1H3. The molecule has 7 nitrogen and oxygen atoms in total. The van der Waals surface area contributed by atoms with Crippen molar-refractivity contribution in [2.75, 3.05) is 19.7 Å². The van der Waals surface area contributed by atoms with Crippen LogP contribution in [0.4, 0.5) is 8.78 Å². The van der Waals surface area contributed by atoms with Crippen LogP contribution in [0, 0.1) is 5.82 Å². The van der Waals surface area contributed by atoms with Gasteiger partial charge in [-0.05, 0) is 43.3 Å². The minimum absolute atomic E-state index is 0.0265. The zero-order chi connectivity index (χ0) is 20.6. The lowest BCUT2D eigenvalue weighted by molar-refractivity contribution is -0.0106. The van der Waals surface area contributed by atoms with Crippen LogP contribution in [0.2, 0.25) is 0 Å².